The third-order valence-corrected chi connectivity index (χ3v) is 11.0. The lowest BCUT2D eigenvalue weighted by Gasteiger charge is -2.15. The number of allylic oxidation sites excluding steroid dienone is 1. The standard InChI is InChI=1S/C49H36N2S/c1-4-15-34(16-5-1)41-29-27-37(38-28-30-48-44(33-38)42-23-10-13-26-47(42)52-48)32-43(41)39-21-14-22-40(31-39)49-50-45(35-17-6-2-7-18-35)24-11-12-25-46(51-49)36-19-8-3-9-20-36/h1-10,13-24,26-33H,11-12,25H2. The van der Waals surface area contributed by atoms with Crippen LogP contribution in [0.2, 0.25) is 0 Å². The lowest BCUT2D eigenvalue weighted by atomic mass is 9.90. The third kappa shape index (κ3) is 6.43. The Labute approximate surface area is 308 Å². The molecule has 0 radical (unpaired) electrons. The SMILES string of the molecule is C1=C(c2ccccc2)N=C(c2cccc(-c3cc(-c4ccc5sc6ccccc6c5c4)ccc3-c3ccccc3)c2)N=C(c2ccccc2)CCC1. The maximum absolute atomic E-state index is 5.37. The maximum atomic E-state index is 5.37. The number of hydrogen-bond donors (Lipinski definition) is 0. The van der Waals surface area contributed by atoms with Gasteiger partial charge in [0, 0.05) is 25.7 Å². The smallest absolute Gasteiger partial charge is 0.160 e. The minimum Gasteiger partial charge on any atom is -0.233 e. The van der Waals surface area contributed by atoms with Crippen molar-refractivity contribution in [3.63, 3.8) is 0 Å². The molecule has 9 rings (SSSR count). The second-order valence-electron chi connectivity index (χ2n) is 13.2. The molecule has 8 aromatic rings. The molecule has 0 bridgehead atoms. The van der Waals surface area contributed by atoms with Gasteiger partial charge in [0.15, 0.2) is 5.84 Å². The van der Waals surface area contributed by atoms with Crippen molar-refractivity contribution in [1.82, 2.24) is 0 Å². The minimum atomic E-state index is 0.727. The van der Waals surface area contributed by atoms with E-state index in [9.17, 15) is 0 Å². The maximum Gasteiger partial charge on any atom is 0.160 e. The zero-order chi connectivity index (χ0) is 34.7. The summed E-state index contributed by atoms with van der Waals surface area (Å²) in [5.74, 6) is 0.727. The van der Waals surface area contributed by atoms with E-state index in [1.54, 1.807) is 0 Å². The second-order valence-corrected chi connectivity index (χ2v) is 14.3. The molecule has 0 atom stereocenters. The molecule has 0 aliphatic carbocycles. The summed E-state index contributed by atoms with van der Waals surface area (Å²) >= 11 is 1.86. The van der Waals surface area contributed by atoms with Gasteiger partial charge in [0.05, 0.1) is 11.4 Å². The number of fused-ring (bicyclic) bond motifs is 3. The first-order chi connectivity index (χ1) is 25.8. The molecule has 2 heterocycles. The van der Waals surface area contributed by atoms with Gasteiger partial charge in [0.25, 0.3) is 0 Å². The second kappa shape index (κ2) is 14.2. The fourth-order valence-corrected chi connectivity index (χ4v) is 8.29. The largest absolute Gasteiger partial charge is 0.233 e. The van der Waals surface area contributed by atoms with Crippen molar-refractivity contribution in [2.45, 2.75) is 19.3 Å². The van der Waals surface area contributed by atoms with E-state index in [1.165, 1.54) is 48.0 Å². The molecule has 7 aromatic carbocycles. The van der Waals surface area contributed by atoms with E-state index < -0.39 is 0 Å². The van der Waals surface area contributed by atoms with Crippen molar-refractivity contribution >= 4 is 48.8 Å². The predicted molar refractivity (Wildman–Crippen MR) is 223 cm³/mol. The number of nitrogens with zero attached hydrogens (tertiary/aromatic N) is 2. The molecule has 3 heteroatoms. The highest BCUT2D eigenvalue weighted by Gasteiger charge is 2.16. The van der Waals surface area contributed by atoms with Gasteiger partial charge in [-0.1, -0.05) is 152 Å². The zero-order valence-corrected chi connectivity index (χ0v) is 29.6. The first-order valence-corrected chi connectivity index (χ1v) is 18.8. The van der Waals surface area contributed by atoms with E-state index in [4.69, 9.17) is 9.98 Å². The summed E-state index contributed by atoms with van der Waals surface area (Å²) < 4.78 is 2.64. The topological polar surface area (TPSA) is 24.7 Å². The Morgan fingerprint density at radius 1 is 0.404 bits per heavy atom. The Hall–Kier alpha value is -6.16. The summed E-state index contributed by atoms with van der Waals surface area (Å²) in [4.78, 5) is 10.7. The number of hydrogen-bond acceptors (Lipinski definition) is 3. The molecule has 0 saturated carbocycles. The molecule has 0 spiro atoms. The highest BCUT2D eigenvalue weighted by Crippen LogP contribution is 2.40. The van der Waals surface area contributed by atoms with Crippen LogP contribution in [0.15, 0.2) is 192 Å². The number of rotatable bonds is 6. The molecule has 0 unspecified atom stereocenters. The number of benzene rings is 7. The van der Waals surface area contributed by atoms with Crippen LogP contribution in [-0.2, 0) is 0 Å². The Morgan fingerprint density at radius 3 is 1.85 bits per heavy atom. The molecular weight excluding hydrogens is 649 g/mol. The van der Waals surface area contributed by atoms with Gasteiger partial charge in [-0.2, -0.15) is 0 Å². The molecule has 0 N–H and O–H groups in total. The van der Waals surface area contributed by atoms with E-state index in [2.05, 4.69) is 182 Å². The molecule has 1 aliphatic rings. The van der Waals surface area contributed by atoms with Crippen LogP contribution in [0.5, 0.6) is 0 Å². The molecule has 1 aliphatic heterocycles. The Bertz CT molecular complexity index is 2630. The number of thiophene rings is 1. The van der Waals surface area contributed by atoms with Crippen LogP contribution >= 0.6 is 11.3 Å². The highest BCUT2D eigenvalue weighted by atomic mass is 32.1. The van der Waals surface area contributed by atoms with Crippen LogP contribution in [0.3, 0.4) is 0 Å². The van der Waals surface area contributed by atoms with Crippen molar-refractivity contribution in [3.05, 3.63) is 199 Å². The van der Waals surface area contributed by atoms with Crippen molar-refractivity contribution < 1.29 is 0 Å². The fourth-order valence-electron chi connectivity index (χ4n) is 7.20. The molecule has 2 nitrogen and oxygen atoms in total. The highest BCUT2D eigenvalue weighted by molar-refractivity contribution is 7.25. The number of amidine groups is 1. The summed E-state index contributed by atoms with van der Waals surface area (Å²) in [5, 5.41) is 2.62. The van der Waals surface area contributed by atoms with Crippen molar-refractivity contribution in [3.8, 4) is 33.4 Å². The lowest BCUT2D eigenvalue weighted by molar-refractivity contribution is 0.896. The van der Waals surface area contributed by atoms with Gasteiger partial charge in [-0.15, -0.1) is 11.3 Å². The molecule has 0 saturated heterocycles. The van der Waals surface area contributed by atoms with Crippen LogP contribution in [0.25, 0.3) is 59.3 Å². The van der Waals surface area contributed by atoms with E-state index in [0.717, 1.165) is 58.8 Å². The number of aliphatic imine (C=N–C) groups is 2. The summed E-state index contributed by atoms with van der Waals surface area (Å²) in [7, 11) is 0. The summed E-state index contributed by atoms with van der Waals surface area (Å²) in [6.07, 6.45) is 5.10. The van der Waals surface area contributed by atoms with E-state index >= 15 is 0 Å². The average Bonchev–Trinajstić information content (AvgIpc) is 3.64. The molecule has 52 heavy (non-hydrogen) atoms. The molecule has 0 fully saturated rings. The minimum absolute atomic E-state index is 0.727. The van der Waals surface area contributed by atoms with Gasteiger partial charge in [-0.3, -0.25) is 0 Å². The summed E-state index contributed by atoms with van der Waals surface area (Å²) in [6, 6.07) is 63.0. The molecule has 248 valence electrons. The Morgan fingerprint density at radius 2 is 1.04 bits per heavy atom. The van der Waals surface area contributed by atoms with E-state index in [0.29, 0.717) is 0 Å². The Kier molecular flexibility index (Phi) is 8.70. The Balaban J connectivity index is 1.21. The quantitative estimate of drug-likeness (QED) is 0.167. The van der Waals surface area contributed by atoms with Crippen LogP contribution < -0.4 is 0 Å². The molecule has 1 aromatic heterocycles. The van der Waals surface area contributed by atoms with E-state index in [1.807, 2.05) is 11.3 Å². The van der Waals surface area contributed by atoms with Crippen molar-refractivity contribution in [2.75, 3.05) is 0 Å². The van der Waals surface area contributed by atoms with Gasteiger partial charge in [-0.05, 0) is 94.1 Å². The van der Waals surface area contributed by atoms with Crippen LogP contribution in [0.4, 0.5) is 0 Å². The van der Waals surface area contributed by atoms with Gasteiger partial charge >= 0.3 is 0 Å². The zero-order valence-electron chi connectivity index (χ0n) is 28.7. The summed E-state index contributed by atoms with van der Waals surface area (Å²) in [6.45, 7) is 0. The first kappa shape index (κ1) is 31.8. The third-order valence-electron chi connectivity index (χ3n) is 9.85. The van der Waals surface area contributed by atoms with Crippen molar-refractivity contribution in [2.24, 2.45) is 9.98 Å². The lowest BCUT2D eigenvalue weighted by Crippen LogP contribution is -2.07. The molecular formula is C49H36N2S. The van der Waals surface area contributed by atoms with Crippen LogP contribution in [0, 0.1) is 0 Å². The van der Waals surface area contributed by atoms with Crippen molar-refractivity contribution in [1.29, 1.82) is 0 Å². The molecule has 0 amide bonds. The van der Waals surface area contributed by atoms with E-state index in [-0.39, 0.29) is 0 Å². The summed E-state index contributed by atoms with van der Waals surface area (Å²) in [5.41, 5.74) is 12.3. The fraction of sp³-hybridized carbons (Fsp3) is 0.0612. The monoisotopic (exact) mass is 684 g/mol. The van der Waals surface area contributed by atoms with Gasteiger partial charge in [-0.25, -0.2) is 9.98 Å². The normalized spacial score (nSPS) is 13.5. The van der Waals surface area contributed by atoms with Gasteiger partial charge in [0.1, 0.15) is 0 Å². The van der Waals surface area contributed by atoms with Crippen LogP contribution in [-0.4, -0.2) is 11.5 Å². The average molecular weight is 685 g/mol. The van der Waals surface area contributed by atoms with Gasteiger partial charge < -0.3 is 0 Å². The first-order valence-electron chi connectivity index (χ1n) is 18.0. The predicted octanol–water partition coefficient (Wildman–Crippen LogP) is 13.5. The van der Waals surface area contributed by atoms with Crippen LogP contribution in [0.1, 0.15) is 36.0 Å². The van der Waals surface area contributed by atoms with Gasteiger partial charge in [0.2, 0.25) is 0 Å².